The van der Waals surface area contributed by atoms with Crippen LogP contribution in [0.15, 0.2) is 30.3 Å². The molecule has 0 aliphatic carbocycles. The van der Waals surface area contributed by atoms with Crippen molar-refractivity contribution in [1.82, 2.24) is 9.80 Å². The molecule has 4 aliphatic rings. The first-order valence-corrected chi connectivity index (χ1v) is 13.6. The summed E-state index contributed by atoms with van der Waals surface area (Å²) in [4.78, 5) is 18.1. The topological polar surface area (TPSA) is 57.7 Å². The average Bonchev–Trinajstić information content (AvgIpc) is 2.74. The van der Waals surface area contributed by atoms with Crippen LogP contribution in [0.5, 0.6) is 0 Å². The van der Waals surface area contributed by atoms with E-state index in [1.54, 1.807) is 0 Å². The lowest BCUT2D eigenvalue weighted by molar-refractivity contribution is -0.143. The molecule has 1 aromatic carbocycles. The van der Waals surface area contributed by atoms with Crippen LogP contribution in [0, 0.1) is 17.8 Å². The predicted molar refractivity (Wildman–Crippen MR) is 118 cm³/mol. The predicted octanol–water partition coefficient (Wildman–Crippen LogP) is 2.76. The third kappa shape index (κ3) is 4.18. The minimum atomic E-state index is -2.92. The summed E-state index contributed by atoms with van der Waals surface area (Å²) in [6, 6.07) is 12.1. The standard InChI is InChI=1S/C24H34N2O3S/c27-24(20-9-11-30(28,29)12-10-20)25-15-19-13-21(17-25)23-8-4-7-22(26(23)16-19)14-18-5-2-1-3-6-18/h1-3,5-6,19-23H,4,7-17H2/t19-,21+,22+,23-/m0/s1. The number of fused-ring (bicyclic) bond motifs is 4. The highest BCUT2D eigenvalue weighted by Crippen LogP contribution is 2.41. The number of carbonyl (C=O) groups excluding carboxylic acids is 1. The van der Waals surface area contributed by atoms with Crippen LogP contribution in [0.25, 0.3) is 0 Å². The second-order valence-corrected chi connectivity index (χ2v) is 12.4. The molecule has 0 unspecified atom stereocenters. The van der Waals surface area contributed by atoms with Crippen molar-refractivity contribution in [3.63, 3.8) is 0 Å². The summed E-state index contributed by atoms with van der Waals surface area (Å²) in [7, 11) is -2.92. The van der Waals surface area contributed by atoms with E-state index in [-0.39, 0.29) is 23.3 Å². The number of carbonyl (C=O) groups is 1. The molecule has 30 heavy (non-hydrogen) atoms. The van der Waals surface area contributed by atoms with E-state index >= 15 is 0 Å². The minimum absolute atomic E-state index is 0.0827. The highest BCUT2D eigenvalue weighted by atomic mass is 32.2. The van der Waals surface area contributed by atoms with Crippen LogP contribution in [0.1, 0.15) is 44.1 Å². The molecule has 5 rings (SSSR count). The van der Waals surface area contributed by atoms with Crippen molar-refractivity contribution in [2.45, 2.75) is 57.0 Å². The molecule has 4 saturated heterocycles. The highest BCUT2D eigenvalue weighted by molar-refractivity contribution is 7.91. The average molecular weight is 431 g/mol. The van der Waals surface area contributed by atoms with E-state index in [4.69, 9.17) is 0 Å². The first-order valence-electron chi connectivity index (χ1n) is 11.8. The Hall–Kier alpha value is -1.40. The van der Waals surface area contributed by atoms with Gasteiger partial charge in [0, 0.05) is 37.6 Å². The maximum atomic E-state index is 13.2. The number of sulfone groups is 1. The van der Waals surface area contributed by atoms with Crippen LogP contribution in [-0.4, -0.2) is 67.3 Å². The van der Waals surface area contributed by atoms with Gasteiger partial charge >= 0.3 is 0 Å². The molecule has 6 heteroatoms. The molecule has 1 amide bonds. The third-order valence-corrected chi connectivity index (χ3v) is 9.76. The van der Waals surface area contributed by atoms with Gasteiger partial charge in [-0.3, -0.25) is 9.69 Å². The molecule has 4 heterocycles. The van der Waals surface area contributed by atoms with E-state index in [0.717, 1.165) is 26.1 Å². The molecule has 0 aromatic heterocycles. The lowest BCUT2D eigenvalue weighted by Gasteiger charge is -2.55. The molecule has 0 radical (unpaired) electrons. The Morgan fingerprint density at radius 2 is 1.73 bits per heavy atom. The lowest BCUT2D eigenvalue weighted by atomic mass is 9.74. The first kappa shape index (κ1) is 20.5. The summed E-state index contributed by atoms with van der Waals surface area (Å²) in [6.07, 6.45) is 7.24. The molecule has 4 atom stereocenters. The number of benzene rings is 1. The second-order valence-electron chi connectivity index (χ2n) is 10.1. The van der Waals surface area contributed by atoms with Gasteiger partial charge in [0.15, 0.2) is 0 Å². The van der Waals surface area contributed by atoms with E-state index in [2.05, 4.69) is 40.1 Å². The van der Waals surface area contributed by atoms with Gasteiger partial charge in [-0.1, -0.05) is 36.8 Å². The van der Waals surface area contributed by atoms with Gasteiger partial charge in [0.25, 0.3) is 0 Å². The molecule has 1 aromatic rings. The van der Waals surface area contributed by atoms with E-state index in [1.807, 2.05) is 0 Å². The quantitative estimate of drug-likeness (QED) is 0.740. The van der Waals surface area contributed by atoms with Crippen LogP contribution in [0.3, 0.4) is 0 Å². The largest absolute Gasteiger partial charge is 0.342 e. The van der Waals surface area contributed by atoms with E-state index < -0.39 is 9.84 Å². The molecule has 0 spiro atoms. The zero-order valence-corrected chi connectivity index (χ0v) is 18.6. The monoisotopic (exact) mass is 430 g/mol. The van der Waals surface area contributed by atoms with Crippen molar-refractivity contribution in [3.05, 3.63) is 35.9 Å². The van der Waals surface area contributed by atoms with E-state index in [9.17, 15) is 13.2 Å². The smallest absolute Gasteiger partial charge is 0.225 e. The fourth-order valence-corrected chi connectivity index (χ4v) is 8.08. The molecular weight excluding hydrogens is 396 g/mol. The highest BCUT2D eigenvalue weighted by Gasteiger charge is 2.46. The summed E-state index contributed by atoms with van der Waals surface area (Å²) in [6.45, 7) is 2.85. The normalized spacial score (nSPS) is 34.3. The number of hydrogen-bond acceptors (Lipinski definition) is 4. The van der Waals surface area contributed by atoms with Crippen LogP contribution < -0.4 is 0 Å². The number of nitrogens with zero attached hydrogens (tertiary/aromatic N) is 2. The molecule has 2 bridgehead atoms. The molecule has 0 saturated carbocycles. The fraction of sp³-hybridized carbons (Fsp3) is 0.708. The van der Waals surface area contributed by atoms with Gasteiger partial charge in [0.05, 0.1) is 11.5 Å². The first-order chi connectivity index (χ1) is 14.5. The van der Waals surface area contributed by atoms with Crippen molar-refractivity contribution >= 4 is 15.7 Å². The SMILES string of the molecule is O=C(C1CCS(=O)(=O)CC1)N1C[C@@H]2C[C@H](C1)[C@@H]1CCC[C@H](Cc3ccccc3)N1C2. The second kappa shape index (κ2) is 8.27. The van der Waals surface area contributed by atoms with Gasteiger partial charge in [-0.15, -0.1) is 0 Å². The number of likely N-dealkylation sites (tertiary alicyclic amines) is 1. The zero-order chi connectivity index (χ0) is 20.7. The summed E-state index contributed by atoms with van der Waals surface area (Å²) in [5, 5.41) is 0. The molecule has 0 N–H and O–H groups in total. The van der Waals surface area contributed by atoms with Crippen molar-refractivity contribution in [2.24, 2.45) is 17.8 Å². The summed E-state index contributed by atoms with van der Waals surface area (Å²) in [5.74, 6) is 1.65. The van der Waals surface area contributed by atoms with Crippen molar-refractivity contribution in [3.8, 4) is 0 Å². The number of piperidine rings is 3. The Balaban J connectivity index is 1.25. The van der Waals surface area contributed by atoms with Gasteiger partial charge < -0.3 is 4.90 Å². The number of rotatable bonds is 3. The minimum Gasteiger partial charge on any atom is -0.342 e. The Morgan fingerprint density at radius 3 is 2.50 bits per heavy atom. The lowest BCUT2D eigenvalue weighted by Crippen LogP contribution is -2.63. The van der Waals surface area contributed by atoms with Gasteiger partial charge in [0.1, 0.15) is 9.84 Å². The molecule has 164 valence electrons. The number of amides is 1. The zero-order valence-electron chi connectivity index (χ0n) is 17.8. The Kier molecular flexibility index (Phi) is 5.65. The van der Waals surface area contributed by atoms with Crippen LogP contribution >= 0.6 is 0 Å². The Labute approximate surface area is 180 Å². The summed E-state index contributed by atoms with van der Waals surface area (Å²) < 4.78 is 23.5. The van der Waals surface area contributed by atoms with Gasteiger partial charge in [0.2, 0.25) is 5.91 Å². The van der Waals surface area contributed by atoms with Gasteiger partial charge in [-0.25, -0.2) is 8.42 Å². The Morgan fingerprint density at radius 1 is 0.967 bits per heavy atom. The van der Waals surface area contributed by atoms with Crippen molar-refractivity contribution < 1.29 is 13.2 Å². The van der Waals surface area contributed by atoms with Gasteiger partial charge in [-0.2, -0.15) is 0 Å². The molecule has 5 nitrogen and oxygen atoms in total. The molecular formula is C24H34N2O3S. The van der Waals surface area contributed by atoms with Crippen molar-refractivity contribution in [2.75, 3.05) is 31.1 Å². The Bertz CT molecular complexity index is 858. The van der Waals surface area contributed by atoms with Crippen LogP contribution in [0.2, 0.25) is 0 Å². The summed E-state index contributed by atoms with van der Waals surface area (Å²) >= 11 is 0. The van der Waals surface area contributed by atoms with Crippen LogP contribution in [-0.2, 0) is 21.1 Å². The fourth-order valence-electron chi connectivity index (χ4n) is 6.59. The maximum Gasteiger partial charge on any atom is 0.225 e. The molecule has 4 aliphatic heterocycles. The van der Waals surface area contributed by atoms with Crippen molar-refractivity contribution in [1.29, 1.82) is 0 Å². The van der Waals surface area contributed by atoms with Gasteiger partial charge in [-0.05, 0) is 55.9 Å². The summed E-state index contributed by atoms with van der Waals surface area (Å²) in [5.41, 5.74) is 1.43. The maximum absolute atomic E-state index is 13.2. The number of hydrogen-bond donors (Lipinski definition) is 0. The molecule has 4 fully saturated rings. The third-order valence-electron chi connectivity index (χ3n) is 8.04. The van der Waals surface area contributed by atoms with E-state index in [1.165, 1.54) is 31.2 Å². The van der Waals surface area contributed by atoms with Crippen LogP contribution in [0.4, 0.5) is 0 Å². The van der Waals surface area contributed by atoms with E-state index in [0.29, 0.717) is 36.8 Å².